The first kappa shape index (κ1) is 14.6. The number of hydrogen-bond acceptors (Lipinski definition) is 4. The van der Waals surface area contributed by atoms with Gasteiger partial charge in [-0.3, -0.25) is 4.57 Å². The van der Waals surface area contributed by atoms with Crippen molar-refractivity contribution in [2.75, 3.05) is 20.3 Å². The van der Waals surface area contributed by atoms with Crippen LogP contribution < -0.4 is 10.5 Å². The number of methoxy groups -OCH3 is 1. The Morgan fingerprint density at radius 3 is 3.10 bits per heavy atom. The highest BCUT2D eigenvalue weighted by Crippen LogP contribution is 2.32. The summed E-state index contributed by atoms with van der Waals surface area (Å²) in [5, 5.41) is 0. The van der Waals surface area contributed by atoms with Crippen LogP contribution in [0.2, 0.25) is 0 Å². The van der Waals surface area contributed by atoms with Crippen LogP contribution in [-0.4, -0.2) is 29.9 Å². The van der Waals surface area contributed by atoms with Gasteiger partial charge >= 0.3 is 0 Å². The third kappa shape index (κ3) is 2.84. The van der Waals surface area contributed by atoms with Crippen LogP contribution in [-0.2, 0) is 4.74 Å². The number of nitrogens with two attached hydrogens (primary N) is 1. The number of nitrogens with zero attached hydrogens (tertiary/aromatic N) is 2. The summed E-state index contributed by atoms with van der Waals surface area (Å²) < 4.78 is 13.9. The van der Waals surface area contributed by atoms with Crippen LogP contribution in [0.25, 0.3) is 5.69 Å². The summed E-state index contributed by atoms with van der Waals surface area (Å²) in [6, 6.07) is 5.78. The van der Waals surface area contributed by atoms with Crippen LogP contribution in [0.1, 0.15) is 18.2 Å². The van der Waals surface area contributed by atoms with Crippen LogP contribution >= 0.6 is 15.9 Å². The van der Waals surface area contributed by atoms with Crippen molar-refractivity contribution in [2.45, 2.75) is 12.5 Å². The molecule has 1 aromatic carbocycles. The second-order valence-corrected chi connectivity index (χ2v) is 6.07. The van der Waals surface area contributed by atoms with E-state index in [0.717, 1.165) is 34.6 Å². The van der Waals surface area contributed by atoms with Gasteiger partial charge in [-0.2, -0.15) is 0 Å². The van der Waals surface area contributed by atoms with Gasteiger partial charge in [0.2, 0.25) is 0 Å². The molecule has 0 bridgehead atoms. The zero-order valence-electron chi connectivity index (χ0n) is 11.8. The molecule has 2 N–H and O–H groups in total. The number of benzene rings is 1. The zero-order chi connectivity index (χ0) is 14.8. The summed E-state index contributed by atoms with van der Waals surface area (Å²) >= 11 is 3.50. The van der Waals surface area contributed by atoms with Crippen LogP contribution in [0, 0.1) is 5.92 Å². The monoisotopic (exact) mass is 351 g/mol. The van der Waals surface area contributed by atoms with E-state index in [4.69, 9.17) is 15.2 Å². The fourth-order valence-corrected chi connectivity index (χ4v) is 3.03. The Kier molecular flexibility index (Phi) is 4.28. The molecule has 0 saturated carbocycles. The quantitative estimate of drug-likeness (QED) is 0.919. The Bertz CT molecular complexity index is 623. The van der Waals surface area contributed by atoms with Gasteiger partial charge in [-0.1, -0.05) is 15.9 Å². The molecule has 0 amide bonds. The Morgan fingerprint density at radius 1 is 1.52 bits per heavy atom. The third-order valence-electron chi connectivity index (χ3n) is 3.88. The van der Waals surface area contributed by atoms with Crippen LogP contribution in [0.3, 0.4) is 0 Å². The van der Waals surface area contributed by atoms with E-state index < -0.39 is 0 Å². The summed E-state index contributed by atoms with van der Waals surface area (Å²) in [6.45, 7) is 1.49. The van der Waals surface area contributed by atoms with E-state index in [0.29, 0.717) is 12.5 Å². The van der Waals surface area contributed by atoms with Gasteiger partial charge in [-0.25, -0.2) is 4.98 Å². The molecule has 3 rings (SSSR count). The van der Waals surface area contributed by atoms with Crippen molar-refractivity contribution in [1.29, 1.82) is 0 Å². The fraction of sp³-hybridized carbons (Fsp3) is 0.400. The predicted octanol–water partition coefficient (Wildman–Crippen LogP) is 2.68. The number of aromatic nitrogens is 2. The molecule has 1 aromatic heterocycles. The lowest BCUT2D eigenvalue weighted by atomic mass is 9.97. The highest BCUT2D eigenvalue weighted by atomic mass is 79.9. The summed E-state index contributed by atoms with van der Waals surface area (Å²) in [5.41, 5.74) is 8.32. The number of imidazole rings is 1. The number of rotatable bonds is 4. The Hall–Kier alpha value is -1.37. The maximum Gasteiger partial charge on any atom is 0.142 e. The molecule has 2 aromatic rings. The van der Waals surface area contributed by atoms with Crippen molar-refractivity contribution in [3.63, 3.8) is 0 Å². The van der Waals surface area contributed by atoms with Crippen LogP contribution in [0.15, 0.2) is 35.2 Å². The van der Waals surface area contributed by atoms with Gasteiger partial charge in [0.1, 0.15) is 5.75 Å². The first-order chi connectivity index (χ1) is 10.2. The molecule has 21 heavy (non-hydrogen) atoms. The molecule has 0 radical (unpaired) electrons. The standard InChI is InChI=1S/C15H18BrN3O2/c1-20-14-3-2-11(16)6-12(14)19-9-18-7-13(19)15(17)10-4-5-21-8-10/h2-3,6-7,9-10,15H,4-5,8,17H2,1H3. The van der Waals surface area contributed by atoms with Crippen molar-refractivity contribution in [3.8, 4) is 11.4 Å². The fourth-order valence-electron chi connectivity index (χ4n) is 2.68. The minimum absolute atomic E-state index is 0.0984. The minimum Gasteiger partial charge on any atom is -0.495 e. The summed E-state index contributed by atoms with van der Waals surface area (Å²) in [7, 11) is 1.66. The van der Waals surface area contributed by atoms with Gasteiger partial charge in [-0.15, -0.1) is 0 Å². The van der Waals surface area contributed by atoms with Gasteiger partial charge in [0, 0.05) is 17.0 Å². The van der Waals surface area contributed by atoms with Gasteiger partial charge in [0.25, 0.3) is 0 Å². The number of ether oxygens (including phenoxy) is 2. The normalized spacial score (nSPS) is 19.7. The van der Waals surface area contributed by atoms with Crippen molar-refractivity contribution < 1.29 is 9.47 Å². The van der Waals surface area contributed by atoms with Crippen LogP contribution in [0.5, 0.6) is 5.75 Å². The Labute approximate surface area is 132 Å². The largest absolute Gasteiger partial charge is 0.495 e. The van der Waals surface area contributed by atoms with Crippen LogP contribution in [0.4, 0.5) is 0 Å². The molecule has 0 aliphatic carbocycles. The van der Waals surface area contributed by atoms with Gasteiger partial charge in [0.05, 0.1) is 43.7 Å². The topological polar surface area (TPSA) is 62.3 Å². The lowest BCUT2D eigenvalue weighted by Gasteiger charge is -2.20. The van der Waals surface area contributed by atoms with E-state index in [-0.39, 0.29) is 6.04 Å². The average Bonchev–Trinajstić information content (AvgIpc) is 3.18. The zero-order valence-corrected chi connectivity index (χ0v) is 13.4. The van der Waals surface area contributed by atoms with E-state index in [1.807, 2.05) is 29.0 Å². The van der Waals surface area contributed by atoms with Crippen molar-refractivity contribution in [3.05, 3.63) is 40.9 Å². The molecule has 1 aliphatic heterocycles. The van der Waals surface area contributed by atoms with E-state index in [9.17, 15) is 0 Å². The molecule has 6 heteroatoms. The van der Waals surface area contributed by atoms with Gasteiger partial charge < -0.3 is 15.2 Å². The molecule has 0 spiro atoms. The molecule has 1 saturated heterocycles. The average molecular weight is 352 g/mol. The maximum atomic E-state index is 6.42. The van der Waals surface area contributed by atoms with E-state index in [1.165, 1.54) is 0 Å². The minimum atomic E-state index is -0.0984. The second kappa shape index (κ2) is 6.17. The number of halogens is 1. The smallest absolute Gasteiger partial charge is 0.142 e. The van der Waals surface area contributed by atoms with E-state index in [1.54, 1.807) is 13.4 Å². The predicted molar refractivity (Wildman–Crippen MR) is 83.7 cm³/mol. The first-order valence-electron chi connectivity index (χ1n) is 6.90. The lowest BCUT2D eigenvalue weighted by molar-refractivity contribution is 0.180. The molecule has 2 heterocycles. The highest BCUT2D eigenvalue weighted by Gasteiger charge is 2.27. The highest BCUT2D eigenvalue weighted by molar-refractivity contribution is 9.10. The SMILES string of the molecule is COc1ccc(Br)cc1-n1cncc1C(N)C1CCOC1. The van der Waals surface area contributed by atoms with Gasteiger partial charge in [-0.05, 0) is 24.6 Å². The Balaban J connectivity index is 2.00. The van der Waals surface area contributed by atoms with E-state index >= 15 is 0 Å². The van der Waals surface area contributed by atoms with Crippen molar-refractivity contribution in [1.82, 2.24) is 9.55 Å². The van der Waals surface area contributed by atoms with Gasteiger partial charge in [0.15, 0.2) is 0 Å². The molecule has 1 fully saturated rings. The molecule has 2 unspecified atom stereocenters. The molecule has 5 nitrogen and oxygen atoms in total. The Morgan fingerprint density at radius 2 is 2.38 bits per heavy atom. The second-order valence-electron chi connectivity index (χ2n) is 5.15. The maximum absolute atomic E-state index is 6.42. The summed E-state index contributed by atoms with van der Waals surface area (Å²) in [6.07, 6.45) is 4.58. The molecule has 1 aliphatic rings. The summed E-state index contributed by atoms with van der Waals surface area (Å²) in [4.78, 5) is 4.27. The molecular weight excluding hydrogens is 334 g/mol. The summed E-state index contributed by atoms with van der Waals surface area (Å²) in [5.74, 6) is 1.12. The first-order valence-corrected chi connectivity index (χ1v) is 7.69. The lowest BCUT2D eigenvalue weighted by Crippen LogP contribution is -2.24. The third-order valence-corrected chi connectivity index (χ3v) is 4.38. The van der Waals surface area contributed by atoms with Crippen molar-refractivity contribution in [2.24, 2.45) is 11.7 Å². The number of hydrogen-bond donors (Lipinski definition) is 1. The molecular formula is C15H18BrN3O2. The van der Waals surface area contributed by atoms with Crippen molar-refractivity contribution >= 4 is 15.9 Å². The molecule has 112 valence electrons. The van der Waals surface area contributed by atoms with E-state index in [2.05, 4.69) is 20.9 Å². The molecule has 2 atom stereocenters.